The first-order valence-corrected chi connectivity index (χ1v) is 13.1. The Kier molecular flexibility index (Phi) is 10.9. The summed E-state index contributed by atoms with van der Waals surface area (Å²) >= 11 is 0. The standard InChI is InChI=1S/C31H41N3O4/c1-9-11-14-20-34(29(36)23(5)32-30(37)38-31(6,7)8)27(25-19-13-12-18-24(25)10-2)28(35)33-26-21(3)16-15-17-22(26)4/h2,12-13,15-19,23,27H,9,11,14,20H2,1,3-8H3,(H,32,37)(H,33,35). The maximum atomic E-state index is 14.0. The summed E-state index contributed by atoms with van der Waals surface area (Å²) in [5.74, 6) is 1.88. The van der Waals surface area contributed by atoms with E-state index in [1.165, 1.54) is 4.90 Å². The van der Waals surface area contributed by atoms with Gasteiger partial charge in [0.05, 0.1) is 0 Å². The number of carbonyl (C=O) groups excluding carboxylic acids is 3. The average molecular weight is 520 g/mol. The van der Waals surface area contributed by atoms with Gasteiger partial charge < -0.3 is 20.3 Å². The van der Waals surface area contributed by atoms with Gasteiger partial charge in [-0.2, -0.15) is 0 Å². The van der Waals surface area contributed by atoms with Crippen molar-refractivity contribution in [2.45, 2.75) is 85.4 Å². The summed E-state index contributed by atoms with van der Waals surface area (Å²) in [5, 5.41) is 5.68. The van der Waals surface area contributed by atoms with Gasteiger partial charge in [0.2, 0.25) is 5.91 Å². The van der Waals surface area contributed by atoms with E-state index in [-0.39, 0.29) is 5.91 Å². The number of hydrogen-bond donors (Lipinski definition) is 2. The minimum absolute atomic E-state index is 0.316. The lowest BCUT2D eigenvalue weighted by molar-refractivity contribution is -0.140. The Bertz CT molecular complexity index is 1160. The lowest BCUT2D eigenvalue weighted by atomic mass is 9.96. The number of ether oxygens (including phenoxy) is 1. The first-order valence-electron chi connectivity index (χ1n) is 13.1. The normalized spacial score (nSPS) is 12.6. The van der Waals surface area contributed by atoms with Crippen LogP contribution in [0.1, 0.15) is 82.2 Å². The van der Waals surface area contributed by atoms with Crippen molar-refractivity contribution in [2.24, 2.45) is 0 Å². The van der Waals surface area contributed by atoms with Crippen LogP contribution in [0.2, 0.25) is 0 Å². The van der Waals surface area contributed by atoms with Crippen molar-refractivity contribution in [1.29, 1.82) is 0 Å². The quantitative estimate of drug-likeness (QED) is 0.302. The zero-order valence-electron chi connectivity index (χ0n) is 23.7. The van der Waals surface area contributed by atoms with Crippen LogP contribution in [0.15, 0.2) is 42.5 Å². The minimum atomic E-state index is -1.01. The number of aryl methyl sites for hydroxylation is 2. The van der Waals surface area contributed by atoms with E-state index in [1.54, 1.807) is 52.0 Å². The summed E-state index contributed by atoms with van der Waals surface area (Å²) in [4.78, 5) is 41.8. The zero-order valence-corrected chi connectivity index (χ0v) is 23.7. The second kappa shape index (κ2) is 13.7. The Balaban J connectivity index is 2.54. The van der Waals surface area contributed by atoms with Crippen molar-refractivity contribution in [3.8, 4) is 12.3 Å². The molecular weight excluding hydrogens is 478 g/mol. The highest BCUT2D eigenvalue weighted by molar-refractivity contribution is 6.00. The third-order valence-electron chi connectivity index (χ3n) is 6.09. The summed E-state index contributed by atoms with van der Waals surface area (Å²) in [5.41, 5.74) is 2.87. The van der Waals surface area contributed by atoms with Crippen LogP contribution in [0.5, 0.6) is 0 Å². The van der Waals surface area contributed by atoms with Gasteiger partial charge in [-0.1, -0.05) is 62.1 Å². The first kappa shape index (κ1) is 30.4. The van der Waals surface area contributed by atoms with Gasteiger partial charge in [-0.25, -0.2) is 4.79 Å². The SMILES string of the molecule is C#Cc1ccccc1C(C(=O)Nc1c(C)cccc1C)N(CCCCC)C(=O)C(C)NC(=O)OC(C)(C)C. The lowest BCUT2D eigenvalue weighted by Crippen LogP contribution is -2.51. The molecule has 0 saturated heterocycles. The second-order valence-electron chi connectivity index (χ2n) is 10.5. The van der Waals surface area contributed by atoms with Gasteiger partial charge in [-0.15, -0.1) is 6.42 Å². The molecule has 2 aromatic carbocycles. The average Bonchev–Trinajstić information content (AvgIpc) is 2.84. The highest BCUT2D eigenvalue weighted by atomic mass is 16.6. The molecule has 2 unspecified atom stereocenters. The van der Waals surface area contributed by atoms with Crippen LogP contribution in [-0.4, -0.2) is 41.0 Å². The zero-order chi connectivity index (χ0) is 28.5. The van der Waals surface area contributed by atoms with Gasteiger partial charge in [-0.3, -0.25) is 9.59 Å². The molecular formula is C31H41N3O4. The number of hydrogen-bond acceptors (Lipinski definition) is 4. The molecule has 38 heavy (non-hydrogen) atoms. The molecule has 7 nitrogen and oxygen atoms in total. The summed E-state index contributed by atoms with van der Waals surface area (Å²) in [6.45, 7) is 13.1. The van der Waals surface area contributed by atoms with Gasteiger partial charge in [-0.05, 0) is 70.7 Å². The number of nitrogens with zero attached hydrogens (tertiary/aromatic N) is 1. The molecule has 0 spiro atoms. The lowest BCUT2D eigenvalue weighted by Gasteiger charge is -2.34. The van der Waals surface area contributed by atoms with Crippen LogP contribution in [0.3, 0.4) is 0 Å². The fourth-order valence-corrected chi connectivity index (χ4v) is 4.21. The van der Waals surface area contributed by atoms with Gasteiger partial charge in [0.25, 0.3) is 5.91 Å². The maximum Gasteiger partial charge on any atom is 0.408 e. The minimum Gasteiger partial charge on any atom is -0.444 e. The Morgan fingerprint density at radius 3 is 2.24 bits per heavy atom. The number of anilines is 1. The van der Waals surface area contributed by atoms with Crippen LogP contribution < -0.4 is 10.6 Å². The molecule has 204 valence electrons. The number of benzene rings is 2. The molecule has 0 radical (unpaired) electrons. The number of unbranched alkanes of at least 4 members (excludes halogenated alkanes) is 2. The van der Waals surface area contributed by atoms with E-state index in [1.807, 2.05) is 32.0 Å². The van der Waals surface area contributed by atoms with E-state index in [4.69, 9.17) is 11.2 Å². The molecule has 0 bridgehead atoms. The number of alkyl carbamates (subject to hydrolysis) is 1. The number of terminal acetylenes is 1. The molecule has 0 aliphatic heterocycles. The molecule has 0 fully saturated rings. The molecule has 7 heteroatoms. The smallest absolute Gasteiger partial charge is 0.408 e. The predicted molar refractivity (Wildman–Crippen MR) is 152 cm³/mol. The Labute approximate surface area is 227 Å². The van der Waals surface area contributed by atoms with E-state index in [9.17, 15) is 14.4 Å². The Morgan fingerprint density at radius 2 is 1.66 bits per heavy atom. The first-order chi connectivity index (χ1) is 17.9. The largest absolute Gasteiger partial charge is 0.444 e. The molecule has 0 aliphatic carbocycles. The molecule has 0 saturated carbocycles. The van der Waals surface area contributed by atoms with Crippen LogP contribution in [0.4, 0.5) is 10.5 Å². The third-order valence-corrected chi connectivity index (χ3v) is 6.09. The Hall–Kier alpha value is -3.79. The van der Waals surface area contributed by atoms with Crippen LogP contribution in [-0.2, 0) is 14.3 Å². The van der Waals surface area contributed by atoms with Crippen molar-refractivity contribution in [3.63, 3.8) is 0 Å². The Morgan fingerprint density at radius 1 is 1.03 bits per heavy atom. The molecule has 0 aromatic heterocycles. The summed E-state index contributed by atoms with van der Waals surface area (Å²) < 4.78 is 5.34. The maximum absolute atomic E-state index is 14.0. The molecule has 3 amide bonds. The number of para-hydroxylation sites is 1. The fourth-order valence-electron chi connectivity index (χ4n) is 4.21. The van der Waals surface area contributed by atoms with Gasteiger partial charge in [0.1, 0.15) is 17.7 Å². The second-order valence-corrected chi connectivity index (χ2v) is 10.5. The van der Waals surface area contributed by atoms with E-state index in [0.717, 1.165) is 24.0 Å². The summed E-state index contributed by atoms with van der Waals surface area (Å²) in [6.07, 6.45) is 7.61. The molecule has 0 heterocycles. The number of carbonyl (C=O) groups is 3. The monoisotopic (exact) mass is 519 g/mol. The van der Waals surface area contributed by atoms with Crippen LogP contribution in [0.25, 0.3) is 0 Å². The highest BCUT2D eigenvalue weighted by Crippen LogP contribution is 2.29. The van der Waals surface area contributed by atoms with Crippen molar-refractivity contribution in [2.75, 3.05) is 11.9 Å². The van der Waals surface area contributed by atoms with Crippen molar-refractivity contribution in [1.82, 2.24) is 10.2 Å². The third kappa shape index (κ3) is 8.37. The summed E-state index contributed by atoms with van der Waals surface area (Å²) in [7, 11) is 0. The van der Waals surface area contributed by atoms with Gasteiger partial charge >= 0.3 is 6.09 Å². The van der Waals surface area contributed by atoms with Crippen molar-refractivity contribution in [3.05, 3.63) is 64.7 Å². The van der Waals surface area contributed by atoms with Crippen LogP contribution >= 0.6 is 0 Å². The highest BCUT2D eigenvalue weighted by Gasteiger charge is 2.35. The van der Waals surface area contributed by atoms with E-state index in [2.05, 4.69) is 23.5 Å². The number of nitrogens with one attached hydrogen (secondary N) is 2. The van der Waals surface area contributed by atoms with Gasteiger partial charge in [0, 0.05) is 17.8 Å². The molecule has 2 rings (SSSR count). The van der Waals surface area contributed by atoms with Crippen molar-refractivity contribution >= 4 is 23.6 Å². The molecule has 2 N–H and O–H groups in total. The van der Waals surface area contributed by atoms with Gasteiger partial charge in [0.15, 0.2) is 0 Å². The molecule has 2 atom stereocenters. The topological polar surface area (TPSA) is 87.7 Å². The summed E-state index contributed by atoms with van der Waals surface area (Å²) in [6, 6.07) is 11.0. The number of rotatable bonds is 10. The predicted octanol–water partition coefficient (Wildman–Crippen LogP) is 5.90. The van der Waals surface area contributed by atoms with E-state index < -0.39 is 29.7 Å². The number of amides is 3. The molecule has 0 aliphatic rings. The van der Waals surface area contributed by atoms with E-state index >= 15 is 0 Å². The van der Waals surface area contributed by atoms with E-state index in [0.29, 0.717) is 29.8 Å². The van der Waals surface area contributed by atoms with Crippen molar-refractivity contribution < 1.29 is 19.1 Å². The fraction of sp³-hybridized carbons (Fsp3) is 0.452. The van der Waals surface area contributed by atoms with Crippen LogP contribution in [0, 0.1) is 26.2 Å². The molecule has 2 aromatic rings.